The van der Waals surface area contributed by atoms with Crippen LogP contribution in [0.4, 0.5) is 4.39 Å². The lowest BCUT2D eigenvalue weighted by atomic mass is 10.1. The molecule has 0 N–H and O–H groups in total. The van der Waals surface area contributed by atoms with Gasteiger partial charge in [0, 0.05) is 11.1 Å². The predicted molar refractivity (Wildman–Crippen MR) is 87.0 cm³/mol. The molecule has 25 heavy (non-hydrogen) atoms. The third kappa shape index (κ3) is 3.30. The van der Waals surface area contributed by atoms with E-state index in [1.54, 1.807) is 12.1 Å². The van der Waals surface area contributed by atoms with Gasteiger partial charge in [-0.15, -0.1) is 10.2 Å². The Morgan fingerprint density at radius 2 is 1.60 bits per heavy atom. The first kappa shape index (κ1) is 15.2. The molecule has 4 aromatic rings. The van der Waals surface area contributed by atoms with Gasteiger partial charge in [0.25, 0.3) is 0 Å². The Bertz CT molecular complexity index is 909. The van der Waals surface area contributed by atoms with Crippen LogP contribution in [0.25, 0.3) is 22.8 Å². The highest BCUT2D eigenvalue weighted by Gasteiger charge is 2.14. The minimum atomic E-state index is -0.318. The molecule has 0 saturated heterocycles. The molecule has 4 rings (SSSR count). The van der Waals surface area contributed by atoms with Crippen LogP contribution in [0.5, 0.6) is 0 Å². The standard InChI is InChI=1S/C18H13FN4O2/c1-11-2-4-13(5-3-11)18-22-21-16(24-18)10-15-20-17(23-25-15)12-6-8-14(19)9-7-12/h2-9H,10H2,1H3. The number of hydrogen-bond acceptors (Lipinski definition) is 6. The molecule has 0 saturated carbocycles. The van der Waals surface area contributed by atoms with E-state index in [1.807, 2.05) is 31.2 Å². The monoisotopic (exact) mass is 336 g/mol. The zero-order valence-electron chi connectivity index (χ0n) is 13.3. The molecule has 124 valence electrons. The van der Waals surface area contributed by atoms with E-state index in [1.165, 1.54) is 12.1 Å². The number of aromatic nitrogens is 4. The third-order valence-corrected chi connectivity index (χ3v) is 3.64. The summed E-state index contributed by atoms with van der Waals surface area (Å²) in [5, 5.41) is 11.9. The van der Waals surface area contributed by atoms with Crippen molar-refractivity contribution in [3.63, 3.8) is 0 Å². The molecule has 2 aromatic carbocycles. The van der Waals surface area contributed by atoms with Gasteiger partial charge in [-0.25, -0.2) is 4.39 Å². The molecule has 2 heterocycles. The summed E-state index contributed by atoms with van der Waals surface area (Å²) in [4.78, 5) is 4.27. The molecule has 0 radical (unpaired) electrons. The van der Waals surface area contributed by atoms with Crippen LogP contribution < -0.4 is 0 Å². The Morgan fingerprint density at radius 3 is 2.36 bits per heavy atom. The van der Waals surface area contributed by atoms with Crippen LogP contribution in [0, 0.1) is 12.7 Å². The summed E-state index contributed by atoms with van der Waals surface area (Å²) < 4.78 is 23.8. The van der Waals surface area contributed by atoms with Crippen molar-refractivity contribution >= 4 is 0 Å². The molecule has 2 aromatic heterocycles. The Kier molecular flexibility index (Phi) is 3.81. The topological polar surface area (TPSA) is 77.8 Å². The van der Waals surface area contributed by atoms with Crippen molar-refractivity contribution in [2.75, 3.05) is 0 Å². The largest absolute Gasteiger partial charge is 0.420 e. The van der Waals surface area contributed by atoms with Crippen LogP contribution in [0.1, 0.15) is 17.3 Å². The first-order valence-electron chi connectivity index (χ1n) is 7.65. The van der Waals surface area contributed by atoms with Crippen LogP contribution in [0.15, 0.2) is 57.5 Å². The summed E-state index contributed by atoms with van der Waals surface area (Å²) in [7, 11) is 0. The van der Waals surface area contributed by atoms with Gasteiger partial charge in [0.15, 0.2) is 0 Å². The molecule has 0 aliphatic carbocycles. The molecule has 0 fully saturated rings. The van der Waals surface area contributed by atoms with Gasteiger partial charge in [-0.1, -0.05) is 22.9 Å². The molecule has 6 nitrogen and oxygen atoms in total. The maximum absolute atomic E-state index is 13.0. The van der Waals surface area contributed by atoms with Gasteiger partial charge in [0.05, 0.1) is 0 Å². The van der Waals surface area contributed by atoms with Gasteiger partial charge in [0.2, 0.25) is 23.5 Å². The molecule has 7 heteroatoms. The van der Waals surface area contributed by atoms with E-state index in [4.69, 9.17) is 8.94 Å². The Hall–Kier alpha value is -3.35. The minimum absolute atomic E-state index is 0.229. The summed E-state index contributed by atoms with van der Waals surface area (Å²) in [5.74, 6) is 1.23. The van der Waals surface area contributed by atoms with Crippen LogP contribution in [-0.4, -0.2) is 20.3 Å². The lowest BCUT2D eigenvalue weighted by Gasteiger charge is -1.95. The second-order valence-corrected chi connectivity index (χ2v) is 5.56. The van der Waals surface area contributed by atoms with Crippen molar-refractivity contribution in [1.29, 1.82) is 0 Å². The average Bonchev–Trinajstić information content (AvgIpc) is 3.27. The average molecular weight is 336 g/mol. The molecule has 0 aliphatic heterocycles. The first-order chi connectivity index (χ1) is 12.2. The zero-order valence-corrected chi connectivity index (χ0v) is 13.3. The van der Waals surface area contributed by atoms with E-state index in [9.17, 15) is 4.39 Å². The summed E-state index contributed by atoms with van der Waals surface area (Å²) in [5.41, 5.74) is 2.67. The fraction of sp³-hybridized carbons (Fsp3) is 0.111. The van der Waals surface area contributed by atoms with E-state index < -0.39 is 0 Å². The number of nitrogens with zero attached hydrogens (tertiary/aromatic N) is 4. The van der Waals surface area contributed by atoms with E-state index in [0.717, 1.165) is 11.1 Å². The Labute approximate surface area is 142 Å². The molecule has 0 unspecified atom stereocenters. The number of halogens is 1. The summed E-state index contributed by atoms with van der Waals surface area (Å²) >= 11 is 0. The molecule has 0 atom stereocenters. The molecule has 0 bridgehead atoms. The van der Waals surface area contributed by atoms with Crippen molar-refractivity contribution in [1.82, 2.24) is 20.3 Å². The van der Waals surface area contributed by atoms with E-state index in [-0.39, 0.29) is 12.2 Å². The normalized spacial score (nSPS) is 11.0. The Balaban J connectivity index is 1.51. The first-order valence-corrected chi connectivity index (χ1v) is 7.65. The fourth-order valence-corrected chi connectivity index (χ4v) is 2.31. The van der Waals surface area contributed by atoms with Crippen LogP contribution >= 0.6 is 0 Å². The minimum Gasteiger partial charge on any atom is -0.420 e. The van der Waals surface area contributed by atoms with E-state index in [2.05, 4.69) is 20.3 Å². The van der Waals surface area contributed by atoms with Crippen molar-refractivity contribution in [3.8, 4) is 22.8 Å². The van der Waals surface area contributed by atoms with Gasteiger partial charge < -0.3 is 8.94 Å². The second kappa shape index (κ2) is 6.27. The highest BCUT2D eigenvalue weighted by molar-refractivity contribution is 5.54. The molecule has 0 amide bonds. The van der Waals surface area contributed by atoms with Crippen LogP contribution in [-0.2, 0) is 6.42 Å². The smallest absolute Gasteiger partial charge is 0.247 e. The number of aryl methyl sites for hydroxylation is 1. The lowest BCUT2D eigenvalue weighted by Crippen LogP contribution is -1.89. The van der Waals surface area contributed by atoms with Gasteiger partial charge in [-0.3, -0.25) is 0 Å². The van der Waals surface area contributed by atoms with Crippen LogP contribution in [0.2, 0.25) is 0 Å². The zero-order chi connectivity index (χ0) is 17.2. The van der Waals surface area contributed by atoms with E-state index >= 15 is 0 Å². The number of rotatable bonds is 4. The van der Waals surface area contributed by atoms with Crippen LogP contribution in [0.3, 0.4) is 0 Å². The quantitative estimate of drug-likeness (QED) is 0.564. The van der Waals surface area contributed by atoms with Gasteiger partial charge in [-0.2, -0.15) is 4.98 Å². The molecular formula is C18H13FN4O2. The SMILES string of the molecule is Cc1ccc(-c2nnc(Cc3nc(-c4ccc(F)cc4)no3)o2)cc1. The predicted octanol–water partition coefficient (Wildman–Crippen LogP) is 3.82. The molecule has 0 spiro atoms. The second-order valence-electron chi connectivity index (χ2n) is 5.56. The van der Waals surface area contributed by atoms with Gasteiger partial charge in [0.1, 0.15) is 12.2 Å². The molecular weight excluding hydrogens is 323 g/mol. The number of hydrogen-bond donors (Lipinski definition) is 0. The molecule has 0 aliphatic rings. The van der Waals surface area contributed by atoms with Crippen molar-refractivity contribution < 1.29 is 13.3 Å². The van der Waals surface area contributed by atoms with Gasteiger partial charge in [-0.05, 0) is 43.3 Å². The van der Waals surface area contributed by atoms with Crippen molar-refractivity contribution in [2.45, 2.75) is 13.3 Å². The Morgan fingerprint density at radius 1 is 0.880 bits per heavy atom. The van der Waals surface area contributed by atoms with Gasteiger partial charge >= 0.3 is 0 Å². The van der Waals surface area contributed by atoms with E-state index in [0.29, 0.717) is 29.1 Å². The highest BCUT2D eigenvalue weighted by atomic mass is 19.1. The maximum Gasteiger partial charge on any atom is 0.247 e. The summed E-state index contributed by atoms with van der Waals surface area (Å²) in [6, 6.07) is 13.7. The third-order valence-electron chi connectivity index (χ3n) is 3.64. The summed E-state index contributed by atoms with van der Waals surface area (Å²) in [6.07, 6.45) is 0.229. The fourth-order valence-electron chi connectivity index (χ4n) is 2.31. The highest BCUT2D eigenvalue weighted by Crippen LogP contribution is 2.20. The lowest BCUT2D eigenvalue weighted by molar-refractivity contribution is 0.374. The van der Waals surface area contributed by atoms with Crippen molar-refractivity contribution in [3.05, 3.63) is 71.7 Å². The summed E-state index contributed by atoms with van der Waals surface area (Å²) in [6.45, 7) is 2.01. The maximum atomic E-state index is 13.0. The van der Waals surface area contributed by atoms with Crippen molar-refractivity contribution in [2.24, 2.45) is 0 Å². The number of benzene rings is 2.